The maximum atomic E-state index is 11.2. The van der Waals surface area contributed by atoms with Crippen LogP contribution in [0.5, 0.6) is 0 Å². The zero-order chi connectivity index (χ0) is 14.5. The average Bonchev–Trinajstić information content (AvgIpc) is 2.93. The predicted molar refractivity (Wildman–Crippen MR) is 70.5 cm³/mol. The molecule has 2 aromatic rings. The number of nitrogens with one attached hydrogen (secondary N) is 1. The third-order valence-electron chi connectivity index (χ3n) is 2.59. The van der Waals surface area contributed by atoms with Gasteiger partial charge in [-0.3, -0.25) is 10.1 Å². The fraction of sp³-hybridized carbons (Fsp3) is 0.154. The minimum atomic E-state index is -0.536. The third-order valence-corrected chi connectivity index (χ3v) is 2.59. The molecule has 0 aliphatic heterocycles. The lowest BCUT2D eigenvalue weighted by Gasteiger charge is -2.03. The molecule has 0 amide bonds. The molecule has 0 aliphatic rings. The second-order valence-electron chi connectivity index (χ2n) is 3.92. The Labute approximate surface area is 114 Å². The van der Waals surface area contributed by atoms with Gasteiger partial charge in [0.2, 0.25) is 5.76 Å². The number of anilines is 1. The van der Waals surface area contributed by atoms with Crippen LogP contribution in [0.4, 0.5) is 11.4 Å². The van der Waals surface area contributed by atoms with Crippen molar-refractivity contribution in [3.63, 3.8) is 0 Å². The van der Waals surface area contributed by atoms with E-state index in [4.69, 9.17) is 4.42 Å². The molecule has 0 radical (unpaired) electrons. The zero-order valence-electron chi connectivity index (χ0n) is 10.7. The summed E-state index contributed by atoms with van der Waals surface area (Å²) in [4.78, 5) is 21.3. The number of hydrogen-bond acceptors (Lipinski definition) is 6. The molecule has 1 N–H and O–H groups in total. The number of ether oxygens (including phenoxy) is 1. The van der Waals surface area contributed by atoms with E-state index in [-0.39, 0.29) is 11.4 Å². The molecule has 0 aliphatic carbocycles. The van der Waals surface area contributed by atoms with Crippen LogP contribution < -0.4 is 5.32 Å². The van der Waals surface area contributed by atoms with Crippen LogP contribution in [-0.4, -0.2) is 18.0 Å². The Balaban J connectivity index is 1.96. The van der Waals surface area contributed by atoms with Crippen LogP contribution in [0.2, 0.25) is 0 Å². The number of non-ortho nitro benzene ring substituents is 1. The molecule has 2 rings (SSSR count). The maximum absolute atomic E-state index is 11.2. The fourth-order valence-electron chi connectivity index (χ4n) is 1.57. The van der Waals surface area contributed by atoms with E-state index in [0.29, 0.717) is 18.0 Å². The van der Waals surface area contributed by atoms with Gasteiger partial charge in [-0.25, -0.2) is 4.79 Å². The molecule has 0 saturated carbocycles. The number of methoxy groups -OCH3 is 1. The Morgan fingerprint density at radius 1 is 1.30 bits per heavy atom. The highest BCUT2D eigenvalue weighted by molar-refractivity contribution is 5.86. The molecule has 0 spiro atoms. The molecule has 7 nitrogen and oxygen atoms in total. The van der Waals surface area contributed by atoms with E-state index in [1.54, 1.807) is 18.2 Å². The summed E-state index contributed by atoms with van der Waals surface area (Å²) in [6, 6.07) is 9.20. The molecule has 0 unspecified atom stereocenters. The summed E-state index contributed by atoms with van der Waals surface area (Å²) in [7, 11) is 1.28. The molecule has 104 valence electrons. The highest BCUT2D eigenvalue weighted by atomic mass is 16.6. The Morgan fingerprint density at radius 3 is 2.60 bits per heavy atom. The van der Waals surface area contributed by atoms with Crippen LogP contribution in [0.3, 0.4) is 0 Å². The van der Waals surface area contributed by atoms with Crippen LogP contribution in [0.15, 0.2) is 40.8 Å². The lowest BCUT2D eigenvalue weighted by molar-refractivity contribution is -0.384. The summed E-state index contributed by atoms with van der Waals surface area (Å²) in [5.41, 5.74) is 0.744. The molecule has 0 saturated heterocycles. The summed E-state index contributed by atoms with van der Waals surface area (Å²) >= 11 is 0. The minimum Gasteiger partial charge on any atom is -0.463 e. The molecule has 20 heavy (non-hydrogen) atoms. The largest absolute Gasteiger partial charge is 0.463 e. The second kappa shape index (κ2) is 5.87. The van der Waals surface area contributed by atoms with E-state index >= 15 is 0 Å². The number of carbonyl (C=O) groups is 1. The summed E-state index contributed by atoms with van der Waals surface area (Å²) in [6.07, 6.45) is 0. The minimum absolute atomic E-state index is 0.0292. The first-order valence-electron chi connectivity index (χ1n) is 5.75. The van der Waals surface area contributed by atoms with Gasteiger partial charge in [0.15, 0.2) is 0 Å². The van der Waals surface area contributed by atoms with Gasteiger partial charge < -0.3 is 14.5 Å². The number of hydrogen-bond donors (Lipinski definition) is 1. The van der Waals surface area contributed by atoms with Crippen molar-refractivity contribution >= 4 is 17.3 Å². The van der Waals surface area contributed by atoms with Crippen molar-refractivity contribution in [2.24, 2.45) is 0 Å². The summed E-state index contributed by atoms with van der Waals surface area (Å²) in [5, 5.41) is 13.5. The summed E-state index contributed by atoms with van der Waals surface area (Å²) in [6.45, 7) is 0.356. The molecular formula is C13H12N2O5. The number of nitrogens with zero attached hydrogens (tertiary/aromatic N) is 1. The van der Waals surface area contributed by atoms with Gasteiger partial charge in [0, 0.05) is 17.8 Å². The molecule has 1 heterocycles. The average molecular weight is 276 g/mol. The van der Waals surface area contributed by atoms with Crippen LogP contribution in [0.25, 0.3) is 0 Å². The topological polar surface area (TPSA) is 94.6 Å². The van der Waals surface area contributed by atoms with E-state index in [2.05, 4.69) is 10.1 Å². The Hall–Kier alpha value is -2.83. The highest BCUT2D eigenvalue weighted by Gasteiger charge is 2.11. The van der Waals surface area contributed by atoms with Crippen LogP contribution in [0.1, 0.15) is 16.3 Å². The molecule has 0 fully saturated rings. The standard InChI is InChI=1S/C13H12N2O5/c1-19-13(16)12-7-6-11(20-12)8-14-9-2-4-10(5-3-9)15(17)18/h2-7,14H,8H2,1H3. The van der Waals surface area contributed by atoms with Crippen molar-refractivity contribution < 1.29 is 18.9 Å². The van der Waals surface area contributed by atoms with Crippen LogP contribution >= 0.6 is 0 Å². The first kappa shape index (κ1) is 13.6. The maximum Gasteiger partial charge on any atom is 0.373 e. The van der Waals surface area contributed by atoms with Crippen molar-refractivity contribution in [1.29, 1.82) is 0 Å². The molecular weight excluding hydrogens is 264 g/mol. The van der Waals surface area contributed by atoms with Gasteiger partial charge in [-0.2, -0.15) is 0 Å². The van der Waals surface area contributed by atoms with Gasteiger partial charge in [-0.1, -0.05) is 0 Å². The van der Waals surface area contributed by atoms with Crippen LogP contribution in [0, 0.1) is 10.1 Å². The van der Waals surface area contributed by atoms with Crippen molar-refractivity contribution in [1.82, 2.24) is 0 Å². The number of nitro benzene ring substituents is 1. The number of nitro groups is 1. The Kier molecular flexibility index (Phi) is 3.99. The number of benzene rings is 1. The quantitative estimate of drug-likeness (QED) is 0.512. The summed E-state index contributed by atoms with van der Waals surface area (Å²) in [5.74, 6) is 0.156. The van der Waals surface area contributed by atoms with Gasteiger partial charge in [0.25, 0.3) is 5.69 Å². The third kappa shape index (κ3) is 3.14. The van der Waals surface area contributed by atoms with Crippen LogP contribution in [-0.2, 0) is 11.3 Å². The first-order valence-corrected chi connectivity index (χ1v) is 5.75. The van der Waals surface area contributed by atoms with E-state index < -0.39 is 10.9 Å². The van der Waals surface area contributed by atoms with Crippen molar-refractivity contribution in [3.05, 3.63) is 58.0 Å². The number of furan rings is 1. The molecule has 0 bridgehead atoms. The predicted octanol–water partition coefficient (Wildman–Crippen LogP) is 2.59. The highest BCUT2D eigenvalue weighted by Crippen LogP contribution is 2.17. The van der Waals surface area contributed by atoms with E-state index in [9.17, 15) is 14.9 Å². The lowest BCUT2D eigenvalue weighted by atomic mass is 10.3. The van der Waals surface area contributed by atoms with Gasteiger partial charge >= 0.3 is 5.97 Å². The smallest absolute Gasteiger partial charge is 0.373 e. The van der Waals surface area contributed by atoms with Gasteiger partial charge in [-0.15, -0.1) is 0 Å². The van der Waals surface area contributed by atoms with E-state index in [0.717, 1.165) is 0 Å². The van der Waals surface area contributed by atoms with Crippen molar-refractivity contribution in [2.75, 3.05) is 12.4 Å². The van der Waals surface area contributed by atoms with E-state index in [1.807, 2.05) is 0 Å². The number of esters is 1. The Morgan fingerprint density at radius 2 is 2.00 bits per heavy atom. The molecule has 1 aromatic carbocycles. The van der Waals surface area contributed by atoms with Crippen molar-refractivity contribution in [3.8, 4) is 0 Å². The van der Waals surface area contributed by atoms with Gasteiger partial charge in [-0.05, 0) is 24.3 Å². The van der Waals surface area contributed by atoms with Crippen molar-refractivity contribution in [2.45, 2.75) is 6.54 Å². The number of carbonyl (C=O) groups excluding carboxylic acids is 1. The lowest BCUT2D eigenvalue weighted by Crippen LogP contribution is -2.00. The first-order chi connectivity index (χ1) is 9.60. The molecule has 0 atom stereocenters. The number of rotatable bonds is 5. The SMILES string of the molecule is COC(=O)c1ccc(CNc2ccc([N+](=O)[O-])cc2)o1. The zero-order valence-corrected chi connectivity index (χ0v) is 10.7. The van der Waals surface area contributed by atoms with E-state index in [1.165, 1.54) is 25.3 Å². The molecule has 1 aromatic heterocycles. The van der Waals surface area contributed by atoms with Gasteiger partial charge in [0.05, 0.1) is 18.6 Å². The Bertz CT molecular complexity index is 618. The molecule has 7 heteroatoms. The second-order valence-corrected chi connectivity index (χ2v) is 3.92. The fourth-order valence-corrected chi connectivity index (χ4v) is 1.57. The van der Waals surface area contributed by atoms with Gasteiger partial charge in [0.1, 0.15) is 5.76 Å². The monoisotopic (exact) mass is 276 g/mol. The summed E-state index contributed by atoms with van der Waals surface area (Å²) < 4.78 is 9.81. The normalized spacial score (nSPS) is 10.1.